The van der Waals surface area contributed by atoms with Crippen LogP contribution in [0, 0.1) is 0 Å². The highest BCUT2D eigenvalue weighted by Crippen LogP contribution is 2.47. The number of ether oxygens (including phenoxy) is 1. The number of carbonyl (C=O) groups excluding carboxylic acids is 3. The molecule has 2 aliphatic carbocycles. The molecule has 53 heavy (non-hydrogen) atoms. The van der Waals surface area contributed by atoms with E-state index in [-0.39, 0.29) is 30.1 Å². The number of phenolic OH excluding ortho intramolecular Hbond substituents is 1. The van der Waals surface area contributed by atoms with Gasteiger partial charge in [0.25, 0.3) is 5.91 Å². The van der Waals surface area contributed by atoms with E-state index in [1.54, 1.807) is 4.90 Å². The van der Waals surface area contributed by atoms with Gasteiger partial charge in [0.1, 0.15) is 11.8 Å². The Morgan fingerprint density at radius 3 is 2.34 bits per heavy atom. The SMILES string of the molecule is CN(CCOCc1ccc([C@@H]2c3ccc(O)cc3CC[C@@H]2c2ccccc2)cc1)C1CCC(c2ccc3c(c2)CN([C@H]2CCC(=O)NC2=O)C3=O)CC1. The van der Waals surface area contributed by atoms with E-state index in [4.69, 9.17) is 4.74 Å². The van der Waals surface area contributed by atoms with Crippen molar-refractivity contribution < 1.29 is 24.2 Å². The van der Waals surface area contributed by atoms with Crippen LogP contribution in [0.25, 0.3) is 0 Å². The van der Waals surface area contributed by atoms with Crippen LogP contribution in [0.4, 0.5) is 0 Å². The van der Waals surface area contributed by atoms with Crippen LogP contribution in [0.3, 0.4) is 0 Å². The molecule has 3 amide bonds. The van der Waals surface area contributed by atoms with Crippen LogP contribution in [0.1, 0.15) is 112 Å². The monoisotopic (exact) mass is 711 g/mol. The molecule has 3 atom stereocenters. The maximum Gasteiger partial charge on any atom is 0.255 e. The number of amides is 3. The van der Waals surface area contributed by atoms with Gasteiger partial charge in [-0.05, 0) is 121 Å². The van der Waals surface area contributed by atoms with E-state index >= 15 is 0 Å². The van der Waals surface area contributed by atoms with Gasteiger partial charge in [-0.1, -0.05) is 72.8 Å². The molecule has 274 valence electrons. The number of aromatic hydroxyl groups is 1. The molecule has 4 aromatic carbocycles. The molecule has 8 rings (SSSR count). The van der Waals surface area contributed by atoms with Gasteiger partial charge < -0.3 is 19.6 Å². The average Bonchev–Trinajstić information content (AvgIpc) is 3.51. The lowest BCUT2D eigenvalue weighted by atomic mass is 9.69. The molecular formula is C45H49N3O5. The highest BCUT2D eigenvalue weighted by atomic mass is 16.5. The topological polar surface area (TPSA) is 99.2 Å². The number of carbonyl (C=O) groups is 3. The van der Waals surface area contributed by atoms with Crippen LogP contribution >= 0.6 is 0 Å². The summed E-state index contributed by atoms with van der Waals surface area (Å²) in [4.78, 5) is 41.3. The third-order valence-electron chi connectivity index (χ3n) is 12.4. The number of rotatable bonds is 10. The minimum Gasteiger partial charge on any atom is -0.508 e. The molecule has 0 aromatic heterocycles. The number of phenols is 1. The van der Waals surface area contributed by atoms with Gasteiger partial charge in [-0.2, -0.15) is 0 Å². The molecule has 4 aromatic rings. The lowest BCUT2D eigenvalue weighted by Crippen LogP contribution is -2.52. The summed E-state index contributed by atoms with van der Waals surface area (Å²) in [5.74, 6) is 0.671. The smallest absolute Gasteiger partial charge is 0.255 e. The number of piperidine rings is 1. The Kier molecular flexibility index (Phi) is 10.2. The van der Waals surface area contributed by atoms with Crippen molar-refractivity contribution in [3.05, 3.63) is 136 Å². The van der Waals surface area contributed by atoms with E-state index in [0.29, 0.717) is 55.4 Å². The Hall–Kier alpha value is -4.79. The Balaban J connectivity index is 0.814. The van der Waals surface area contributed by atoms with Crippen molar-refractivity contribution in [3.8, 4) is 5.75 Å². The molecule has 2 fully saturated rings. The van der Waals surface area contributed by atoms with Gasteiger partial charge in [-0.15, -0.1) is 0 Å². The minimum absolute atomic E-state index is 0.115. The van der Waals surface area contributed by atoms with Gasteiger partial charge in [0.05, 0.1) is 13.2 Å². The maximum atomic E-state index is 13.1. The summed E-state index contributed by atoms with van der Waals surface area (Å²) in [5, 5.41) is 12.6. The summed E-state index contributed by atoms with van der Waals surface area (Å²) < 4.78 is 6.19. The fourth-order valence-corrected chi connectivity index (χ4v) is 9.38. The zero-order valence-corrected chi connectivity index (χ0v) is 30.5. The molecule has 8 nitrogen and oxygen atoms in total. The van der Waals surface area contributed by atoms with Crippen LogP contribution in [0.2, 0.25) is 0 Å². The van der Waals surface area contributed by atoms with Crippen molar-refractivity contribution in [1.29, 1.82) is 0 Å². The van der Waals surface area contributed by atoms with Crippen molar-refractivity contribution in [1.82, 2.24) is 15.1 Å². The number of nitrogens with zero attached hydrogens (tertiary/aromatic N) is 2. The number of hydrogen-bond donors (Lipinski definition) is 2. The number of hydrogen-bond acceptors (Lipinski definition) is 6. The Morgan fingerprint density at radius 2 is 1.57 bits per heavy atom. The standard InChI is InChI=1S/C45H49N3O5/c1-47(36-15-11-30(12-16-36)33-13-19-40-35(25-33)27-48(45(40)52)41-21-22-42(50)46-44(41)51)23-24-53-28-29-7-9-32(10-8-29)43-38(31-5-3-2-4-6-31)18-14-34-26-37(49)17-20-39(34)43/h2-10,13,17,19-20,25-26,30,36,38,41,43,49H,11-12,14-16,18,21-24,27-28H2,1H3,(H,46,50,51)/t30?,36?,38-,41+,43+/m1/s1. The fraction of sp³-hybridized carbons (Fsp3) is 0.400. The largest absolute Gasteiger partial charge is 0.508 e. The summed E-state index contributed by atoms with van der Waals surface area (Å²) in [5.41, 5.74) is 9.33. The minimum atomic E-state index is -0.581. The second kappa shape index (κ2) is 15.3. The van der Waals surface area contributed by atoms with Gasteiger partial charge in [0.15, 0.2) is 0 Å². The third kappa shape index (κ3) is 7.40. The molecule has 1 saturated heterocycles. The van der Waals surface area contributed by atoms with Gasteiger partial charge in [-0.25, -0.2) is 0 Å². The zero-order chi connectivity index (χ0) is 36.5. The van der Waals surface area contributed by atoms with Gasteiger partial charge in [-0.3, -0.25) is 19.7 Å². The van der Waals surface area contributed by atoms with Crippen LogP contribution < -0.4 is 5.32 Å². The fourth-order valence-electron chi connectivity index (χ4n) is 9.38. The maximum absolute atomic E-state index is 13.1. The lowest BCUT2D eigenvalue weighted by molar-refractivity contribution is -0.136. The first-order valence-corrected chi connectivity index (χ1v) is 19.3. The molecule has 4 aliphatic rings. The number of aryl methyl sites for hydroxylation is 1. The quantitative estimate of drug-likeness (QED) is 0.134. The molecule has 0 radical (unpaired) electrons. The summed E-state index contributed by atoms with van der Waals surface area (Å²) in [7, 11) is 2.21. The van der Waals surface area contributed by atoms with Gasteiger partial charge >= 0.3 is 0 Å². The summed E-state index contributed by atoms with van der Waals surface area (Å²) >= 11 is 0. The summed E-state index contributed by atoms with van der Waals surface area (Å²) in [6.07, 6.45) is 7.10. The molecule has 2 aliphatic heterocycles. The number of fused-ring (bicyclic) bond motifs is 2. The van der Waals surface area contributed by atoms with Crippen molar-refractivity contribution in [2.75, 3.05) is 20.2 Å². The second-order valence-corrected chi connectivity index (χ2v) is 15.5. The van der Waals surface area contributed by atoms with Crippen LogP contribution in [-0.4, -0.2) is 64.9 Å². The molecule has 2 heterocycles. The van der Waals surface area contributed by atoms with E-state index < -0.39 is 6.04 Å². The Morgan fingerprint density at radius 1 is 0.792 bits per heavy atom. The highest BCUT2D eigenvalue weighted by molar-refractivity contribution is 6.05. The van der Waals surface area contributed by atoms with Crippen molar-refractivity contribution >= 4 is 17.7 Å². The second-order valence-electron chi connectivity index (χ2n) is 15.5. The number of imide groups is 1. The predicted molar refractivity (Wildman–Crippen MR) is 204 cm³/mol. The van der Waals surface area contributed by atoms with Crippen LogP contribution in [0.15, 0.2) is 91.0 Å². The normalized spacial score (nSPS) is 24.2. The first-order chi connectivity index (χ1) is 25.8. The predicted octanol–water partition coefficient (Wildman–Crippen LogP) is 7.19. The summed E-state index contributed by atoms with van der Waals surface area (Å²) in [6, 6.07) is 31.8. The number of benzene rings is 4. The first-order valence-electron chi connectivity index (χ1n) is 19.3. The van der Waals surface area contributed by atoms with Crippen LogP contribution in [-0.2, 0) is 33.9 Å². The Labute approximate surface area is 312 Å². The average molecular weight is 712 g/mol. The van der Waals surface area contributed by atoms with E-state index in [1.807, 2.05) is 18.2 Å². The highest BCUT2D eigenvalue weighted by Gasteiger charge is 2.39. The molecule has 2 N–H and O–H groups in total. The Bertz CT molecular complexity index is 1970. The van der Waals surface area contributed by atoms with Crippen molar-refractivity contribution in [2.24, 2.45) is 0 Å². The van der Waals surface area contributed by atoms with Gasteiger partial charge in [0, 0.05) is 37.0 Å². The molecular weight excluding hydrogens is 663 g/mol. The third-order valence-corrected chi connectivity index (χ3v) is 12.4. The lowest BCUT2D eigenvalue weighted by Gasteiger charge is -2.35. The number of likely N-dealkylation sites (N-methyl/N-ethyl adjacent to an activating group) is 1. The van der Waals surface area contributed by atoms with E-state index in [1.165, 1.54) is 33.4 Å². The molecule has 8 heteroatoms. The summed E-state index contributed by atoms with van der Waals surface area (Å²) in [6.45, 7) is 2.57. The van der Waals surface area contributed by atoms with Gasteiger partial charge in [0.2, 0.25) is 11.8 Å². The molecule has 0 unspecified atom stereocenters. The number of nitrogens with one attached hydrogen (secondary N) is 1. The van der Waals surface area contributed by atoms with E-state index in [9.17, 15) is 19.5 Å². The molecule has 0 bridgehead atoms. The van der Waals surface area contributed by atoms with E-state index in [0.717, 1.165) is 50.6 Å². The van der Waals surface area contributed by atoms with E-state index in [2.05, 4.69) is 90.1 Å². The van der Waals surface area contributed by atoms with Crippen molar-refractivity contribution in [2.45, 2.75) is 94.4 Å². The molecule has 0 spiro atoms. The first kappa shape index (κ1) is 35.3. The van der Waals surface area contributed by atoms with Crippen LogP contribution in [0.5, 0.6) is 5.75 Å². The van der Waals surface area contributed by atoms with Crippen molar-refractivity contribution in [3.63, 3.8) is 0 Å². The zero-order valence-electron chi connectivity index (χ0n) is 30.5. The molecule has 1 saturated carbocycles.